The minimum Gasteiger partial charge on any atom is -0.497 e. The van der Waals surface area contributed by atoms with Crippen LogP contribution in [0.25, 0.3) is 0 Å². The first-order valence-electron chi connectivity index (χ1n) is 8.40. The molecule has 2 amide bonds. The molecule has 0 atom stereocenters. The van der Waals surface area contributed by atoms with Crippen LogP contribution in [0.5, 0.6) is 11.5 Å². The Morgan fingerprint density at radius 3 is 2.31 bits per heavy atom. The lowest BCUT2D eigenvalue weighted by atomic mass is 10.1. The predicted molar refractivity (Wildman–Crippen MR) is 99.4 cm³/mol. The normalized spacial score (nSPS) is 10.1. The van der Waals surface area contributed by atoms with Gasteiger partial charge < -0.3 is 20.1 Å². The number of carbonyl (C=O) groups excluding carboxylic acids is 2. The summed E-state index contributed by atoms with van der Waals surface area (Å²) in [5, 5.41) is 5.41. The molecule has 0 aliphatic rings. The van der Waals surface area contributed by atoms with Crippen LogP contribution in [-0.2, 0) is 22.4 Å². The first kappa shape index (κ1) is 19.3. The molecule has 0 aliphatic carbocycles. The van der Waals surface area contributed by atoms with Gasteiger partial charge in [0.15, 0.2) is 0 Å². The molecule has 0 saturated carbocycles. The Kier molecular flexibility index (Phi) is 7.49. The van der Waals surface area contributed by atoms with Crippen molar-refractivity contribution in [3.05, 3.63) is 59.7 Å². The van der Waals surface area contributed by atoms with E-state index in [0.29, 0.717) is 13.0 Å². The fraction of sp³-hybridized carbons (Fsp3) is 0.300. The van der Waals surface area contributed by atoms with E-state index in [9.17, 15) is 9.59 Å². The third kappa shape index (κ3) is 6.12. The largest absolute Gasteiger partial charge is 0.497 e. The molecule has 0 radical (unpaired) electrons. The number of ether oxygens (including phenoxy) is 2. The van der Waals surface area contributed by atoms with E-state index >= 15 is 0 Å². The lowest BCUT2D eigenvalue weighted by Crippen LogP contribution is -2.38. The molecular weight excluding hydrogens is 332 g/mol. The van der Waals surface area contributed by atoms with E-state index in [1.807, 2.05) is 36.4 Å². The Morgan fingerprint density at radius 2 is 1.62 bits per heavy atom. The monoisotopic (exact) mass is 356 g/mol. The van der Waals surface area contributed by atoms with E-state index < -0.39 is 0 Å². The van der Waals surface area contributed by atoms with Gasteiger partial charge in [0.05, 0.1) is 27.2 Å². The second kappa shape index (κ2) is 10.1. The third-order valence-electron chi connectivity index (χ3n) is 3.88. The number of methoxy groups -OCH3 is 2. The van der Waals surface area contributed by atoms with Gasteiger partial charge in [-0.05, 0) is 35.7 Å². The molecule has 0 heterocycles. The molecule has 2 aromatic rings. The maximum Gasteiger partial charge on any atom is 0.239 e. The van der Waals surface area contributed by atoms with Crippen molar-refractivity contribution < 1.29 is 19.1 Å². The standard InChI is InChI=1S/C20H24N2O4/c1-25-17-9-7-15(8-10-17)13-19(23)22-14-20(24)21-12-11-16-5-3-4-6-18(16)26-2/h3-10H,11-14H2,1-2H3,(H,21,24)(H,22,23). The molecule has 0 aliphatic heterocycles. The van der Waals surface area contributed by atoms with E-state index in [0.717, 1.165) is 22.6 Å². The quantitative estimate of drug-likeness (QED) is 0.717. The predicted octanol–water partition coefficient (Wildman–Crippen LogP) is 1.72. The number of amides is 2. The molecule has 0 unspecified atom stereocenters. The average Bonchev–Trinajstić information content (AvgIpc) is 2.67. The van der Waals surface area contributed by atoms with Crippen molar-refractivity contribution in [2.24, 2.45) is 0 Å². The van der Waals surface area contributed by atoms with Crippen LogP contribution >= 0.6 is 0 Å². The lowest BCUT2D eigenvalue weighted by Gasteiger charge is -2.10. The smallest absolute Gasteiger partial charge is 0.239 e. The molecule has 0 fully saturated rings. The minimum atomic E-state index is -0.219. The summed E-state index contributed by atoms with van der Waals surface area (Å²) in [4.78, 5) is 23.8. The Morgan fingerprint density at radius 1 is 0.885 bits per heavy atom. The third-order valence-corrected chi connectivity index (χ3v) is 3.88. The maximum absolute atomic E-state index is 11.9. The summed E-state index contributed by atoms with van der Waals surface area (Å²) in [6.07, 6.45) is 0.883. The van der Waals surface area contributed by atoms with Gasteiger partial charge in [0.25, 0.3) is 0 Å². The van der Waals surface area contributed by atoms with Crippen LogP contribution in [0.2, 0.25) is 0 Å². The second-order valence-electron chi connectivity index (χ2n) is 5.71. The topological polar surface area (TPSA) is 76.7 Å². The highest BCUT2D eigenvalue weighted by Gasteiger charge is 2.07. The van der Waals surface area contributed by atoms with Gasteiger partial charge in [0, 0.05) is 6.54 Å². The molecule has 0 saturated heterocycles. The van der Waals surface area contributed by atoms with Crippen LogP contribution in [0.15, 0.2) is 48.5 Å². The highest BCUT2D eigenvalue weighted by Crippen LogP contribution is 2.17. The molecular formula is C20H24N2O4. The van der Waals surface area contributed by atoms with Crippen LogP contribution < -0.4 is 20.1 Å². The fourth-order valence-corrected chi connectivity index (χ4v) is 2.48. The van der Waals surface area contributed by atoms with Crippen molar-refractivity contribution in [3.63, 3.8) is 0 Å². The SMILES string of the molecule is COc1ccc(CC(=O)NCC(=O)NCCc2ccccc2OC)cc1. The van der Waals surface area contributed by atoms with Gasteiger partial charge in [0.2, 0.25) is 11.8 Å². The number of hydrogen-bond donors (Lipinski definition) is 2. The summed E-state index contributed by atoms with van der Waals surface area (Å²) in [5.74, 6) is 1.12. The fourth-order valence-electron chi connectivity index (χ4n) is 2.48. The van der Waals surface area contributed by atoms with E-state index in [-0.39, 0.29) is 24.8 Å². The summed E-state index contributed by atoms with van der Waals surface area (Å²) in [6, 6.07) is 14.9. The van der Waals surface area contributed by atoms with Crippen molar-refractivity contribution in [1.82, 2.24) is 10.6 Å². The molecule has 0 spiro atoms. The summed E-state index contributed by atoms with van der Waals surface area (Å²) in [7, 11) is 3.21. The van der Waals surface area contributed by atoms with Gasteiger partial charge >= 0.3 is 0 Å². The molecule has 2 N–H and O–H groups in total. The summed E-state index contributed by atoms with van der Waals surface area (Å²) >= 11 is 0. The van der Waals surface area contributed by atoms with Crippen molar-refractivity contribution in [1.29, 1.82) is 0 Å². The number of carbonyl (C=O) groups is 2. The molecule has 6 nitrogen and oxygen atoms in total. The van der Waals surface area contributed by atoms with E-state index in [1.54, 1.807) is 26.4 Å². The number of hydrogen-bond acceptors (Lipinski definition) is 4. The molecule has 0 bridgehead atoms. The van der Waals surface area contributed by atoms with Crippen LogP contribution in [0.1, 0.15) is 11.1 Å². The molecule has 0 aromatic heterocycles. The number of para-hydroxylation sites is 1. The molecule has 6 heteroatoms. The zero-order valence-electron chi connectivity index (χ0n) is 15.1. The van der Waals surface area contributed by atoms with Gasteiger partial charge in [-0.1, -0.05) is 30.3 Å². The van der Waals surface area contributed by atoms with Crippen LogP contribution in [0.4, 0.5) is 0 Å². The Labute approximate surface area is 153 Å². The Hall–Kier alpha value is -3.02. The summed E-state index contributed by atoms with van der Waals surface area (Å²) < 4.78 is 10.4. The van der Waals surface area contributed by atoms with Gasteiger partial charge in [-0.25, -0.2) is 0 Å². The van der Waals surface area contributed by atoms with E-state index in [4.69, 9.17) is 9.47 Å². The van der Waals surface area contributed by atoms with Crippen molar-refractivity contribution in [2.45, 2.75) is 12.8 Å². The average molecular weight is 356 g/mol. The van der Waals surface area contributed by atoms with Crippen LogP contribution in [0.3, 0.4) is 0 Å². The Bertz CT molecular complexity index is 729. The van der Waals surface area contributed by atoms with Crippen LogP contribution in [0, 0.1) is 0 Å². The van der Waals surface area contributed by atoms with Crippen molar-refractivity contribution >= 4 is 11.8 Å². The van der Waals surface area contributed by atoms with Crippen molar-refractivity contribution in [2.75, 3.05) is 27.3 Å². The minimum absolute atomic E-state index is 0.0408. The number of benzene rings is 2. The first-order chi connectivity index (χ1) is 12.6. The van der Waals surface area contributed by atoms with Crippen LogP contribution in [-0.4, -0.2) is 39.1 Å². The number of rotatable bonds is 9. The highest BCUT2D eigenvalue weighted by molar-refractivity contribution is 5.85. The maximum atomic E-state index is 11.9. The van der Waals surface area contributed by atoms with Crippen molar-refractivity contribution in [3.8, 4) is 11.5 Å². The molecule has 138 valence electrons. The summed E-state index contributed by atoms with van der Waals surface area (Å²) in [6.45, 7) is 0.439. The van der Waals surface area contributed by atoms with Gasteiger partial charge in [-0.3, -0.25) is 9.59 Å². The van der Waals surface area contributed by atoms with E-state index in [1.165, 1.54) is 0 Å². The number of nitrogens with one attached hydrogen (secondary N) is 2. The second-order valence-corrected chi connectivity index (χ2v) is 5.71. The molecule has 2 rings (SSSR count). The molecule has 2 aromatic carbocycles. The van der Waals surface area contributed by atoms with Gasteiger partial charge in [0.1, 0.15) is 11.5 Å². The van der Waals surface area contributed by atoms with Gasteiger partial charge in [-0.2, -0.15) is 0 Å². The zero-order chi connectivity index (χ0) is 18.8. The van der Waals surface area contributed by atoms with E-state index in [2.05, 4.69) is 10.6 Å². The first-order valence-corrected chi connectivity index (χ1v) is 8.40. The lowest BCUT2D eigenvalue weighted by molar-refractivity contribution is -0.125. The van der Waals surface area contributed by atoms with Gasteiger partial charge in [-0.15, -0.1) is 0 Å². The Balaban J connectivity index is 1.68. The molecule has 26 heavy (non-hydrogen) atoms. The zero-order valence-corrected chi connectivity index (χ0v) is 15.1. The summed E-state index contributed by atoms with van der Waals surface area (Å²) in [5.41, 5.74) is 1.89. The highest BCUT2D eigenvalue weighted by atomic mass is 16.5.